The average molecular weight is 342 g/mol. The summed E-state index contributed by atoms with van der Waals surface area (Å²) in [5.41, 5.74) is 5.53. The number of carbonyl (C=O) groups is 2. The molecule has 0 radical (unpaired) electrons. The first-order chi connectivity index (χ1) is 10.9. The largest absolute Gasteiger partial charge is 0.493 e. The van der Waals surface area contributed by atoms with Crippen molar-refractivity contribution < 1.29 is 27.8 Å². The number of nitrogens with two attached hydrogens (primary N) is 1. The Morgan fingerprint density at radius 3 is 2.61 bits per heavy atom. The van der Waals surface area contributed by atoms with Gasteiger partial charge in [-0.3, -0.25) is 9.59 Å². The Morgan fingerprint density at radius 2 is 2.00 bits per heavy atom. The minimum Gasteiger partial charge on any atom is -0.493 e. The van der Waals surface area contributed by atoms with Gasteiger partial charge in [0, 0.05) is 5.56 Å². The number of ether oxygens (including phenoxy) is 2. The van der Waals surface area contributed by atoms with Crippen LogP contribution < -0.4 is 20.5 Å². The van der Waals surface area contributed by atoms with Gasteiger partial charge in [0.05, 0.1) is 12.7 Å². The number of nitrogens with one attached hydrogen (secondary N) is 1. The van der Waals surface area contributed by atoms with Crippen LogP contribution in [0, 0.1) is 0 Å². The highest BCUT2D eigenvalue weighted by Gasteiger charge is 2.17. The lowest BCUT2D eigenvalue weighted by Crippen LogP contribution is -2.16. The highest BCUT2D eigenvalue weighted by atomic mass is 32.1. The van der Waals surface area contributed by atoms with Gasteiger partial charge in [0.25, 0.3) is 11.8 Å². The maximum Gasteiger partial charge on any atom is 0.387 e. The number of hydrogen-bond donors (Lipinski definition) is 2. The second-order valence-corrected chi connectivity index (χ2v) is 5.14. The first-order valence-corrected chi connectivity index (χ1v) is 7.12. The predicted octanol–water partition coefficient (Wildman–Crippen LogP) is 2.71. The number of methoxy groups -OCH3 is 1. The lowest BCUT2D eigenvalue weighted by Gasteiger charge is -2.11. The van der Waals surface area contributed by atoms with Crippen molar-refractivity contribution in [2.24, 2.45) is 5.73 Å². The van der Waals surface area contributed by atoms with Crippen molar-refractivity contribution in [3.63, 3.8) is 0 Å². The summed E-state index contributed by atoms with van der Waals surface area (Å²) in [6.45, 7) is -3.01. The number of primary amides is 1. The standard InChI is InChI=1S/C14H12F2N2O4S/c1-21-10-6-7(2-3-9(10)22-14(15)16)12(20)18-13-8(11(17)19)4-5-23-13/h2-6,14H,1H3,(H2,17,19)(H,18,20). The van der Waals surface area contributed by atoms with E-state index < -0.39 is 18.4 Å². The van der Waals surface area contributed by atoms with E-state index in [4.69, 9.17) is 10.5 Å². The molecule has 0 saturated heterocycles. The van der Waals surface area contributed by atoms with Crippen molar-refractivity contribution in [1.29, 1.82) is 0 Å². The van der Waals surface area contributed by atoms with Crippen LogP contribution in [0.1, 0.15) is 20.7 Å². The number of halogens is 2. The molecular weight excluding hydrogens is 330 g/mol. The molecular formula is C14H12F2N2O4S. The SMILES string of the molecule is COc1cc(C(=O)Nc2sccc2C(N)=O)ccc1OC(F)F. The molecule has 23 heavy (non-hydrogen) atoms. The van der Waals surface area contributed by atoms with Crippen LogP contribution in [-0.2, 0) is 0 Å². The summed E-state index contributed by atoms with van der Waals surface area (Å²) in [6.07, 6.45) is 0. The molecule has 3 N–H and O–H groups in total. The first kappa shape index (κ1) is 16.7. The number of rotatable bonds is 6. The zero-order valence-corrected chi connectivity index (χ0v) is 12.7. The third-order valence-electron chi connectivity index (χ3n) is 2.80. The maximum atomic E-state index is 12.3. The van der Waals surface area contributed by atoms with E-state index in [1.807, 2.05) is 0 Å². The van der Waals surface area contributed by atoms with E-state index in [-0.39, 0.29) is 22.6 Å². The molecule has 0 bridgehead atoms. The van der Waals surface area contributed by atoms with Crippen LogP contribution in [0.2, 0.25) is 0 Å². The molecule has 0 atom stereocenters. The number of anilines is 1. The fourth-order valence-corrected chi connectivity index (χ4v) is 2.56. The topological polar surface area (TPSA) is 90.6 Å². The number of hydrogen-bond acceptors (Lipinski definition) is 5. The third-order valence-corrected chi connectivity index (χ3v) is 3.63. The van der Waals surface area contributed by atoms with Crippen LogP contribution >= 0.6 is 11.3 Å². The second kappa shape index (κ2) is 7.05. The monoisotopic (exact) mass is 342 g/mol. The van der Waals surface area contributed by atoms with Gasteiger partial charge in [0.1, 0.15) is 5.00 Å². The van der Waals surface area contributed by atoms with E-state index >= 15 is 0 Å². The number of amides is 2. The van der Waals surface area contributed by atoms with Gasteiger partial charge < -0.3 is 20.5 Å². The molecule has 0 unspecified atom stereocenters. The lowest BCUT2D eigenvalue weighted by molar-refractivity contribution is -0.0512. The predicted molar refractivity (Wildman–Crippen MR) is 80.4 cm³/mol. The molecule has 6 nitrogen and oxygen atoms in total. The van der Waals surface area contributed by atoms with Gasteiger partial charge in [-0.25, -0.2) is 0 Å². The summed E-state index contributed by atoms with van der Waals surface area (Å²) >= 11 is 1.13. The smallest absolute Gasteiger partial charge is 0.387 e. The van der Waals surface area contributed by atoms with Gasteiger partial charge in [-0.2, -0.15) is 8.78 Å². The number of thiophene rings is 1. The van der Waals surface area contributed by atoms with E-state index in [2.05, 4.69) is 10.1 Å². The molecule has 0 aliphatic rings. The summed E-state index contributed by atoms with van der Waals surface area (Å²) in [4.78, 5) is 23.4. The molecule has 0 spiro atoms. The summed E-state index contributed by atoms with van der Waals surface area (Å²) in [5, 5.41) is 4.44. The minimum atomic E-state index is -3.01. The van der Waals surface area contributed by atoms with Gasteiger partial charge in [-0.15, -0.1) is 11.3 Å². The molecule has 1 aromatic carbocycles. The summed E-state index contributed by atoms with van der Waals surface area (Å²) in [5.74, 6) is -1.41. The van der Waals surface area contributed by atoms with Crippen LogP contribution in [0.4, 0.5) is 13.8 Å². The Bertz CT molecular complexity index is 733. The third kappa shape index (κ3) is 3.95. The van der Waals surface area contributed by atoms with Crippen molar-refractivity contribution >= 4 is 28.2 Å². The van der Waals surface area contributed by atoms with Crippen molar-refractivity contribution in [1.82, 2.24) is 0 Å². The van der Waals surface area contributed by atoms with E-state index in [0.29, 0.717) is 5.00 Å². The fraction of sp³-hybridized carbons (Fsp3) is 0.143. The molecule has 2 aromatic rings. The zero-order valence-electron chi connectivity index (χ0n) is 11.8. The molecule has 0 aliphatic carbocycles. The van der Waals surface area contributed by atoms with E-state index in [9.17, 15) is 18.4 Å². The minimum absolute atomic E-state index is 0.0146. The fourth-order valence-electron chi connectivity index (χ4n) is 1.78. The van der Waals surface area contributed by atoms with Gasteiger partial charge in [0.15, 0.2) is 11.5 Å². The molecule has 0 fully saturated rings. The van der Waals surface area contributed by atoms with Crippen LogP contribution in [0.5, 0.6) is 11.5 Å². The number of carbonyl (C=O) groups excluding carboxylic acids is 2. The van der Waals surface area contributed by atoms with Crippen LogP contribution in [0.25, 0.3) is 0 Å². The lowest BCUT2D eigenvalue weighted by atomic mass is 10.2. The molecule has 0 aliphatic heterocycles. The zero-order chi connectivity index (χ0) is 17.0. The molecule has 1 heterocycles. The van der Waals surface area contributed by atoms with Gasteiger partial charge in [-0.1, -0.05) is 0 Å². The summed E-state index contributed by atoms with van der Waals surface area (Å²) in [6, 6.07) is 5.24. The molecule has 122 valence electrons. The van der Waals surface area contributed by atoms with Gasteiger partial charge in [-0.05, 0) is 29.6 Å². The van der Waals surface area contributed by atoms with E-state index in [1.165, 1.54) is 31.4 Å². The van der Waals surface area contributed by atoms with Crippen molar-refractivity contribution in [2.45, 2.75) is 6.61 Å². The van der Waals surface area contributed by atoms with Crippen LogP contribution in [0.15, 0.2) is 29.6 Å². The van der Waals surface area contributed by atoms with Crippen molar-refractivity contribution in [3.8, 4) is 11.5 Å². The number of benzene rings is 1. The van der Waals surface area contributed by atoms with Gasteiger partial charge >= 0.3 is 6.61 Å². The van der Waals surface area contributed by atoms with E-state index in [1.54, 1.807) is 5.38 Å². The average Bonchev–Trinajstić information content (AvgIpc) is 2.95. The molecule has 2 amide bonds. The maximum absolute atomic E-state index is 12.3. The quantitative estimate of drug-likeness (QED) is 0.844. The Morgan fingerprint density at radius 1 is 1.26 bits per heavy atom. The van der Waals surface area contributed by atoms with Crippen molar-refractivity contribution in [2.75, 3.05) is 12.4 Å². The Hall–Kier alpha value is -2.68. The molecule has 2 rings (SSSR count). The highest BCUT2D eigenvalue weighted by molar-refractivity contribution is 7.14. The van der Waals surface area contributed by atoms with E-state index in [0.717, 1.165) is 11.3 Å². The second-order valence-electron chi connectivity index (χ2n) is 4.23. The number of alkyl halides is 2. The summed E-state index contributed by atoms with van der Waals surface area (Å²) in [7, 11) is 1.26. The highest BCUT2D eigenvalue weighted by Crippen LogP contribution is 2.30. The Labute approximate surface area is 133 Å². The van der Waals surface area contributed by atoms with Crippen LogP contribution in [0.3, 0.4) is 0 Å². The van der Waals surface area contributed by atoms with Gasteiger partial charge in [0.2, 0.25) is 0 Å². The molecule has 1 aromatic heterocycles. The molecule has 0 saturated carbocycles. The Kier molecular flexibility index (Phi) is 5.12. The first-order valence-electron chi connectivity index (χ1n) is 6.24. The van der Waals surface area contributed by atoms with Crippen molar-refractivity contribution in [3.05, 3.63) is 40.8 Å². The normalized spacial score (nSPS) is 10.4. The molecule has 9 heteroatoms. The summed E-state index contributed by atoms with van der Waals surface area (Å²) < 4.78 is 33.7. The Balaban J connectivity index is 2.22. The van der Waals surface area contributed by atoms with Crippen LogP contribution in [-0.4, -0.2) is 25.5 Å².